The Morgan fingerprint density at radius 1 is 1.06 bits per heavy atom. The third kappa shape index (κ3) is 3.29. The predicted octanol–water partition coefficient (Wildman–Crippen LogP) is 3.09. The van der Waals surface area contributed by atoms with E-state index in [1.54, 1.807) is 4.90 Å². The number of rotatable bonds is 6. The van der Waals surface area contributed by atoms with Gasteiger partial charge in [0.2, 0.25) is 5.91 Å². The summed E-state index contributed by atoms with van der Waals surface area (Å²) in [6.07, 6.45) is 0.940. The second-order valence-electron chi connectivity index (χ2n) is 9.89. The van der Waals surface area contributed by atoms with Crippen LogP contribution in [0.25, 0.3) is 11.1 Å². The molecule has 7 heteroatoms. The van der Waals surface area contributed by atoms with Gasteiger partial charge in [0.05, 0.1) is 5.41 Å². The van der Waals surface area contributed by atoms with E-state index in [4.69, 9.17) is 4.74 Å². The Bertz CT molecular complexity index is 1120. The quantitative estimate of drug-likeness (QED) is 0.711. The highest BCUT2D eigenvalue weighted by Crippen LogP contribution is 2.58. The Hall–Kier alpha value is -3.35. The van der Waals surface area contributed by atoms with Crippen LogP contribution in [0.4, 0.5) is 4.79 Å². The highest BCUT2D eigenvalue weighted by atomic mass is 16.5. The number of benzene rings is 2. The number of carbonyl (C=O) groups is 3. The molecule has 6 rings (SSSR count). The van der Waals surface area contributed by atoms with Crippen LogP contribution in [0.2, 0.25) is 0 Å². The van der Waals surface area contributed by atoms with E-state index < -0.39 is 17.5 Å². The fourth-order valence-corrected chi connectivity index (χ4v) is 5.86. The molecule has 7 nitrogen and oxygen atoms in total. The first kappa shape index (κ1) is 20.3. The number of hydrogen-bond acceptors (Lipinski definition) is 4. The summed E-state index contributed by atoms with van der Waals surface area (Å²) in [5.74, 6) is -0.663. The average molecular weight is 447 g/mol. The van der Waals surface area contributed by atoms with Crippen LogP contribution in [0.15, 0.2) is 48.5 Å². The molecule has 3 aliphatic carbocycles. The van der Waals surface area contributed by atoms with Crippen LogP contribution in [0, 0.1) is 23.2 Å². The highest BCUT2D eigenvalue weighted by molar-refractivity contribution is 5.86. The zero-order chi connectivity index (χ0) is 22.7. The fourth-order valence-electron chi connectivity index (χ4n) is 5.86. The summed E-state index contributed by atoms with van der Waals surface area (Å²) in [5, 5.41) is 12.2. The zero-order valence-corrected chi connectivity index (χ0v) is 18.2. The molecule has 4 aliphatic rings. The molecular weight excluding hydrogens is 420 g/mol. The summed E-state index contributed by atoms with van der Waals surface area (Å²) in [6, 6.07) is 16.4. The first-order valence-corrected chi connectivity index (χ1v) is 11.6. The van der Waals surface area contributed by atoms with Crippen LogP contribution in [-0.4, -0.2) is 54.2 Å². The minimum absolute atomic E-state index is 0.0153. The Kier molecular flexibility index (Phi) is 4.50. The average Bonchev–Trinajstić information content (AvgIpc) is 3.69. The fraction of sp³-hybridized carbons (Fsp3) is 0.423. The number of piperidine rings is 1. The predicted molar refractivity (Wildman–Crippen MR) is 119 cm³/mol. The first-order chi connectivity index (χ1) is 16.0. The van der Waals surface area contributed by atoms with Crippen LogP contribution < -0.4 is 5.32 Å². The molecule has 0 radical (unpaired) electrons. The van der Waals surface area contributed by atoms with E-state index in [1.807, 2.05) is 24.3 Å². The molecule has 2 saturated carbocycles. The molecule has 2 unspecified atom stereocenters. The molecule has 4 atom stereocenters. The van der Waals surface area contributed by atoms with Crippen molar-refractivity contribution >= 4 is 18.0 Å². The van der Waals surface area contributed by atoms with Gasteiger partial charge in [0.25, 0.3) is 0 Å². The van der Waals surface area contributed by atoms with Gasteiger partial charge in [0, 0.05) is 31.5 Å². The van der Waals surface area contributed by atoms with Gasteiger partial charge in [0.15, 0.2) is 0 Å². The summed E-state index contributed by atoms with van der Waals surface area (Å²) >= 11 is 0. The number of alkyl carbamates (subject to hydrolysis) is 1. The number of hydrogen-bond donors (Lipinski definition) is 2. The number of nitrogens with one attached hydrogen (secondary N) is 1. The second-order valence-corrected chi connectivity index (χ2v) is 9.89. The van der Waals surface area contributed by atoms with Gasteiger partial charge in [-0.05, 0) is 46.9 Å². The lowest BCUT2D eigenvalue weighted by Gasteiger charge is -2.19. The lowest BCUT2D eigenvalue weighted by Crippen LogP contribution is -2.36. The van der Waals surface area contributed by atoms with Crippen molar-refractivity contribution in [1.82, 2.24) is 10.2 Å². The van der Waals surface area contributed by atoms with Crippen molar-refractivity contribution in [3.05, 3.63) is 59.7 Å². The largest absolute Gasteiger partial charge is 0.481 e. The molecule has 0 bridgehead atoms. The summed E-state index contributed by atoms with van der Waals surface area (Å²) in [6.45, 7) is 1.54. The molecule has 1 heterocycles. The lowest BCUT2D eigenvalue weighted by atomic mass is 9.98. The van der Waals surface area contributed by atoms with Crippen molar-refractivity contribution in [2.75, 3.05) is 26.2 Å². The van der Waals surface area contributed by atoms with E-state index in [9.17, 15) is 19.5 Å². The van der Waals surface area contributed by atoms with Gasteiger partial charge in [-0.15, -0.1) is 0 Å². The Balaban J connectivity index is 0.994. The maximum atomic E-state index is 12.7. The highest BCUT2D eigenvalue weighted by Gasteiger charge is 2.67. The maximum absolute atomic E-state index is 12.7. The van der Waals surface area contributed by atoms with Crippen molar-refractivity contribution in [2.24, 2.45) is 23.2 Å². The molecule has 2 aromatic carbocycles. The Labute approximate surface area is 191 Å². The van der Waals surface area contributed by atoms with Gasteiger partial charge in [-0.25, -0.2) is 4.79 Å². The van der Waals surface area contributed by atoms with E-state index in [2.05, 4.69) is 29.6 Å². The minimum atomic E-state index is -0.785. The minimum Gasteiger partial charge on any atom is -0.481 e. The number of amides is 2. The van der Waals surface area contributed by atoms with Crippen molar-refractivity contribution < 1.29 is 24.2 Å². The normalized spacial score (nSPS) is 28.5. The van der Waals surface area contributed by atoms with E-state index in [0.717, 1.165) is 6.42 Å². The number of carboxylic acid groups (broad SMARTS) is 1. The lowest BCUT2D eigenvalue weighted by molar-refractivity contribution is -0.144. The number of aliphatic carboxylic acids is 1. The molecule has 2 N–H and O–H groups in total. The smallest absolute Gasteiger partial charge is 0.407 e. The first-order valence-electron chi connectivity index (χ1n) is 11.6. The monoisotopic (exact) mass is 446 g/mol. The number of fused-ring (bicyclic) bond motifs is 4. The molecule has 33 heavy (non-hydrogen) atoms. The topological polar surface area (TPSA) is 95.9 Å². The third-order valence-corrected chi connectivity index (χ3v) is 7.98. The molecule has 2 aromatic rings. The van der Waals surface area contributed by atoms with Crippen LogP contribution in [0.1, 0.15) is 29.9 Å². The number of carbonyl (C=O) groups excluding carboxylic acids is 2. The van der Waals surface area contributed by atoms with Crippen molar-refractivity contribution in [1.29, 1.82) is 0 Å². The standard InChI is InChI=1S/C26H26N2O5/c29-23(28-12-16-10-26(16,14-28)24(30)31)21-9-15(21)11-27-25(32)33-13-22-19-7-3-1-5-17(19)18-6-2-4-8-20(18)22/h1-8,15-16,21-22H,9-14H2,(H,27,32)(H,30,31)/t15-,16?,21-,26?/m0/s1. The van der Waals surface area contributed by atoms with Gasteiger partial charge in [-0.2, -0.15) is 0 Å². The van der Waals surface area contributed by atoms with E-state index >= 15 is 0 Å². The van der Waals surface area contributed by atoms with Gasteiger partial charge < -0.3 is 20.1 Å². The Morgan fingerprint density at radius 2 is 1.73 bits per heavy atom. The SMILES string of the molecule is O=C(NC[C@@H]1C[C@@H]1C(=O)N1CC2CC2(C(=O)O)C1)OCC1c2ccccc2-c2ccccc21. The molecule has 1 saturated heterocycles. The van der Waals surface area contributed by atoms with Gasteiger partial charge in [0.1, 0.15) is 6.61 Å². The summed E-state index contributed by atoms with van der Waals surface area (Å²) in [7, 11) is 0. The Morgan fingerprint density at radius 3 is 2.36 bits per heavy atom. The molecule has 0 spiro atoms. The third-order valence-electron chi connectivity index (χ3n) is 7.98. The number of ether oxygens (including phenoxy) is 1. The molecule has 2 amide bonds. The molecule has 3 fully saturated rings. The molecule has 0 aromatic heterocycles. The summed E-state index contributed by atoms with van der Waals surface area (Å²) in [5.41, 5.74) is 4.01. The van der Waals surface area contributed by atoms with Gasteiger partial charge >= 0.3 is 12.1 Å². The van der Waals surface area contributed by atoms with Crippen molar-refractivity contribution in [3.8, 4) is 11.1 Å². The van der Waals surface area contributed by atoms with Crippen LogP contribution in [0.5, 0.6) is 0 Å². The van der Waals surface area contributed by atoms with E-state index in [1.165, 1.54) is 22.3 Å². The van der Waals surface area contributed by atoms with Gasteiger partial charge in [-0.3, -0.25) is 9.59 Å². The van der Waals surface area contributed by atoms with Crippen molar-refractivity contribution in [3.63, 3.8) is 0 Å². The zero-order valence-electron chi connectivity index (χ0n) is 18.2. The van der Waals surface area contributed by atoms with E-state index in [-0.39, 0.29) is 36.2 Å². The molecular formula is C26H26N2O5. The summed E-state index contributed by atoms with van der Waals surface area (Å²) < 4.78 is 5.56. The molecule has 170 valence electrons. The number of likely N-dealkylation sites (tertiary alicyclic amines) is 1. The van der Waals surface area contributed by atoms with Crippen LogP contribution >= 0.6 is 0 Å². The van der Waals surface area contributed by atoms with E-state index in [0.29, 0.717) is 26.1 Å². The molecule has 1 aliphatic heterocycles. The number of carboxylic acids is 1. The van der Waals surface area contributed by atoms with Gasteiger partial charge in [-0.1, -0.05) is 48.5 Å². The van der Waals surface area contributed by atoms with Crippen molar-refractivity contribution in [2.45, 2.75) is 18.8 Å². The maximum Gasteiger partial charge on any atom is 0.407 e. The second kappa shape index (κ2) is 7.33. The van der Waals surface area contributed by atoms with Crippen LogP contribution in [0.3, 0.4) is 0 Å². The number of nitrogens with zero attached hydrogens (tertiary/aromatic N) is 1. The summed E-state index contributed by atoms with van der Waals surface area (Å²) in [4.78, 5) is 38.2. The van der Waals surface area contributed by atoms with Crippen LogP contribution in [-0.2, 0) is 14.3 Å².